The van der Waals surface area contributed by atoms with Gasteiger partial charge in [0, 0.05) is 16.8 Å². The molecule has 4 nitrogen and oxygen atoms in total. The van der Waals surface area contributed by atoms with Gasteiger partial charge in [0.05, 0.1) is 25.0 Å². The Kier molecular flexibility index (Phi) is 6.41. The maximum atomic E-state index is 12.4. The van der Waals surface area contributed by atoms with E-state index >= 15 is 0 Å². The quantitative estimate of drug-likeness (QED) is 0.541. The fraction of sp³-hybridized carbons (Fsp3) is 0.333. The monoisotopic (exact) mass is 333 g/mol. The lowest BCUT2D eigenvalue weighted by Crippen LogP contribution is -2.08. The number of rotatable bonds is 7. The fourth-order valence-electron chi connectivity index (χ4n) is 2.19. The number of carbonyl (C=O) groups excluding carboxylic acids is 1. The molecule has 0 spiro atoms. The number of hydrogen-bond donors (Lipinski definition) is 0. The number of nitrogens with zero attached hydrogens (tertiary/aromatic N) is 1. The summed E-state index contributed by atoms with van der Waals surface area (Å²) in [7, 11) is 1.58. The molecule has 0 aliphatic carbocycles. The van der Waals surface area contributed by atoms with Crippen LogP contribution >= 0.6 is 11.6 Å². The molecular weight excluding hydrogens is 314 g/mol. The number of pyridine rings is 1. The van der Waals surface area contributed by atoms with Crippen molar-refractivity contribution >= 4 is 17.6 Å². The Labute approximate surface area is 141 Å². The first-order chi connectivity index (χ1) is 11.2. The Morgan fingerprint density at radius 3 is 2.74 bits per heavy atom. The standard InChI is InChI=1S/C18H20ClNO3/c1-3-4-5-10-23-18(21)15-7-6-14(22-2)12-16(15)17-11-13(19)8-9-20-17/h6-9,11-12H,3-5,10H2,1-2H3. The molecule has 2 rings (SSSR count). The van der Waals surface area contributed by atoms with E-state index in [-0.39, 0.29) is 5.97 Å². The molecule has 0 atom stereocenters. The maximum Gasteiger partial charge on any atom is 0.338 e. The van der Waals surface area contributed by atoms with Crippen LogP contribution < -0.4 is 4.74 Å². The van der Waals surface area contributed by atoms with Gasteiger partial charge in [-0.3, -0.25) is 4.98 Å². The van der Waals surface area contributed by atoms with Gasteiger partial charge in [-0.2, -0.15) is 0 Å². The van der Waals surface area contributed by atoms with E-state index in [1.165, 1.54) is 0 Å². The largest absolute Gasteiger partial charge is 0.497 e. The number of aromatic nitrogens is 1. The zero-order valence-corrected chi connectivity index (χ0v) is 14.1. The van der Waals surface area contributed by atoms with Crippen LogP contribution in [0.25, 0.3) is 11.3 Å². The summed E-state index contributed by atoms with van der Waals surface area (Å²) in [5.41, 5.74) is 1.71. The summed E-state index contributed by atoms with van der Waals surface area (Å²) in [5, 5.41) is 0.556. The predicted molar refractivity (Wildman–Crippen MR) is 91.0 cm³/mol. The van der Waals surface area contributed by atoms with Gasteiger partial charge in [-0.25, -0.2) is 4.79 Å². The minimum Gasteiger partial charge on any atom is -0.497 e. The number of methoxy groups -OCH3 is 1. The highest BCUT2D eigenvalue weighted by molar-refractivity contribution is 6.30. The summed E-state index contributed by atoms with van der Waals surface area (Å²) in [6, 6.07) is 8.59. The van der Waals surface area contributed by atoms with Crippen LogP contribution in [0, 0.1) is 0 Å². The third-order valence-electron chi connectivity index (χ3n) is 3.43. The number of carbonyl (C=O) groups is 1. The molecule has 0 aliphatic rings. The van der Waals surface area contributed by atoms with Crippen molar-refractivity contribution in [2.24, 2.45) is 0 Å². The van der Waals surface area contributed by atoms with Crippen molar-refractivity contribution in [2.45, 2.75) is 26.2 Å². The third kappa shape index (κ3) is 4.70. The Morgan fingerprint density at radius 2 is 2.04 bits per heavy atom. The molecule has 1 aromatic carbocycles. The molecule has 0 aliphatic heterocycles. The second-order valence-corrected chi connectivity index (χ2v) is 5.55. The Balaban J connectivity index is 2.30. The minimum absolute atomic E-state index is 0.361. The summed E-state index contributed by atoms with van der Waals surface area (Å²) >= 11 is 6.03. The topological polar surface area (TPSA) is 48.4 Å². The fourth-order valence-corrected chi connectivity index (χ4v) is 2.35. The van der Waals surface area contributed by atoms with Gasteiger partial charge in [-0.1, -0.05) is 31.4 Å². The summed E-state index contributed by atoms with van der Waals surface area (Å²) in [4.78, 5) is 16.7. The smallest absolute Gasteiger partial charge is 0.338 e. The van der Waals surface area contributed by atoms with E-state index < -0.39 is 0 Å². The number of ether oxygens (including phenoxy) is 2. The van der Waals surface area contributed by atoms with E-state index in [0.717, 1.165) is 19.3 Å². The molecule has 1 heterocycles. The van der Waals surface area contributed by atoms with Crippen LogP contribution in [0.2, 0.25) is 5.02 Å². The average molecular weight is 334 g/mol. The van der Waals surface area contributed by atoms with Crippen LogP contribution in [0.1, 0.15) is 36.5 Å². The molecular formula is C18H20ClNO3. The molecule has 23 heavy (non-hydrogen) atoms. The van der Waals surface area contributed by atoms with Crippen LogP contribution in [-0.2, 0) is 4.74 Å². The molecule has 0 fully saturated rings. The highest BCUT2D eigenvalue weighted by atomic mass is 35.5. The van der Waals surface area contributed by atoms with Crippen molar-refractivity contribution in [3.05, 3.63) is 47.1 Å². The molecule has 0 amide bonds. The molecule has 1 aromatic heterocycles. The van der Waals surface area contributed by atoms with E-state index in [1.54, 1.807) is 43.6 Å². The summed E-state index contributed by atoms with van der Waals surface area (Å²) in [5.74, 6) is 0.282. The first-order valence-electron chi connectivity index (χ1n) is 7.62. The van der Waals surface area contributed by atoms with E-state index in [2.05, 4.69) is 11.9 Å². The van der Waals surface area contributed by atoms with E-state index in [9.17, 15) is 4.79 Å². The number of benzene rings is 1. The van der Waals surface area contributed by atoms with E-state index in [1.807, 2.05) is 0 Å². The summed E-state index contributed by atoms with van der Waals surface area (Å²) in [6.45, 7) is 2.52. The number of halogens is 1. The van der Waals surface area contributed by atoms with Crippen LogP contribution in [0.4, 0.5) is 0 Å². The van der Waals surface area contributed by atoms with Gasteiger partial charge < -0.3 is 9.47 Å². The van der Waals surface area contributed by atoms with Crippen molar-refractivity contribution < 1.29 is 14.3 Å². The first kappa shape index (κ1) is 17.3. The van der Waals surface area contributed by atoms with Crippen molar-refractivity contribution in [1.82, 2.24) is 4.98 Å². The van der Waals surface area contributed by atoms with Crippen molar-refractivity contribution in [3.8, 4) is 17.0 Å². The highest BCUT2D eigenvalue weighted by Gasteiger charge is 2.16. The SMILES string of the molecule is CCCCCOC(=O)c1ccc(OC)cc1-c1cc(Cl)ccn1. The van der Waals surface area contributed by atoms with E-state index in [4.69, 9.17) is 21.1 Å². The zero-order chi connectivity index (χ0) is 16.7. The summed E-state index contributed by atoms with van der Waals surface area (Å²) < 4.78 is 10.6. The molecule has 0 saturated heterocycles. The second-order valence-electron chi connectivity index (χ2n) is 5.11. The molecule has 122 valence electrons. The number of unbranched alkanes of at least 4 members (excludes halogenated alkanes) is 2. The van der Waals surface area contributed by atoms with Gasteiger partial charge >= 0.3 is 5.97 Å². The Morgan fingerprint density at radius 1 is 1.22 bits per heavy atom. The van der Waals surface area contributed by atoms with Crippen LogP contribution in [0.15, 0.2) is 36.5 Å². The maximum absolute atomic E-state index is 12.4. The lowest BCUT2D eigenvalue weighted by atomic mass is 10.0. The van der Waals surface area contributed by atoms with Gasteiger partial charge in [-0.15, -0.1) is 0 Å². The zero-order valence-electron chi connectivity index (χ0n) is 13.3. The second kappa shape index (κ2) is 8.53. The first-order valence-corrected chi connectivity index (χ1v) is 8.00. The van der Waals surface area contributed by atoms with Crippen molar-refractivity contribution in [3.63, 3.8) is 0 Å². The minimum atomic E-state index is -0.361. The molecule has 0 saturated carbocycles. The molecule has 2 aromatic rings. The van der Waals surface area contributed by atoms with Gasteiger partial charge in [0.1, 0.15) is 5.75 Å². The molecule has 0 N–H and O–H groups in total. The Bertz CT molecular complexity index is 673. The van der Waals surface area contributed by atoms with Crippen molar-refractivity contribution in [1.29, 1.82) is 0 Å². The summed E-state index contributed by atoms with van der Waals surface area (Å²) in [6.07, 6.45) is 4.59. The molecule has 0 unspecified atom stereocenters. The van der Waals surface area contributed by atoms with Crippen LogP contribution in [-0.4, -0.2) is 24.7 Å². The molecule has 0 bridgehead atoms. The normalized spacial score (nSPS) is 10.4. The highest BCUT2D eigenvalue weighted by Crippen LogP contribution is 2.28. The lowest BCUT2D eigenvalue weighted by molar-refractivity contribution is 0.0499. The van der Waals surface area contributed by atoms with Crippen LogP contribution in [0.3, 0.4) is 0 Å². The lowest BCUT2D eigenvalue weighted by Gasteiger charge is -2.11. The third-order valence-corrected chi connectivity index (χ3v) is 3.66. The van der Waals surface area contributed by atoms with Crippen LogP contribution in [0.5, 0.6) is 5.75 Å². The molecule has 0 radical (unpaired) electrons. The van der Waals surface area contributed by atoms with Gasteiger partial charge in [0.25, 0.3) is 0 Å². The number of hydrogen-bond acceptors (Lipinski definition) is 4. The predicted octanol–water partition coefficient (Wildman–Crippen LogP) is 4.76. The van der Waals surface area contributed by atoms with Gasteiger partial charge in [-0.05, 0) is 36.8 Å². The number of esters is 1. The molecule has 5 heteroatoms. The average Bonchev–Trinajstić information content (AvgIpc) is 2.58. The van der Waals surface area contributed by atoms with Gasteiger partial charge in [0.15, 0.2) is 0 Å². The Hall–Kier alpha value is -2.07. The van der Waals surface area contributed by atoms with Crippen molar-refractivity contribution in [2.75, 3.05) is 13.7 Å². The van der Waals surface area contributed by atoms with Gasteiger partial charge in [0.2, 0.25) is 0 Å². The van der Waals surface area contributed by atoms with E-state index in [0.29, 0.717) is 34.2 Å².